The van der Waals surface area contributed by atoms with Gasteiger partial charge < -0.3 is 10.5 Å². The van der Waals surface area contributed by atoms with Crippen molar-refractivity contribution >= 4 is 0 Å². The third kappa shape index (κ3) is 2.10. The van der Waals surface area contributed by atoms with Gasteiger partial charge in [-0.3, -0.25) is 4.98 Å². The van der Waals surface area contributed by atoms with E-state index in [2.05, 4.69) is 29.2 Å². The lowest BCUT2D eigenvalue weighted by molar-refractivity contribution is 0.270. The van der Waals surface area contributed by atoms with Crippen LogP contribution >= 0.6 is 0 Å². The molecule has 0 unspecified atom stereocenters. The van der Waals surface area contributed by atoms with Crippen LogP contribution in [0.1, 0.15) is 23.6 Å². The van der Waals surface area contributed by atoms with Crippen molar-refractivity contribution in [2.45, 2.75) is 19.3 Å². The molecule has 0 fully saturated rings. The van der Waals surface area contributed by atoms with E-state index in [4.69, 9.17) is 10.5 Å². The molecule has 0 bridgehead atoms. The molecule has 0 amide bonds. The van der Waals surface area contributed by atoms with Gasteiger partial charge in [0, 0.05) is 28.9 Å². The molecule has 3 nitrogen and oxygen atoms in total. The van der Waals surface area contributed by atoms with Gasteiger partial charge in [-0.2, -0.15) is 0 Å². The Morgan fingerprint density at radius 3 is 2.89 bits per heavy atom. The molecule has 3 heteroatoms. The van der Waals surface area contributed by atoms with Crippen LogP contribution in [-0.4, -0.2) is 18.1 Å². The third-order valence-electron chi connectivity index (χ3n) is 3.78. The molecule has 1 aromatic heterocycles. The number of nitrogens with two attached hydrogens (primary N) is 1. The number of aryl methyl sites for hydroxylation is 1. The molecule has 1 aliphatic rings. The Balaban J connectivity index is 2.16. The average Bonchev–Trinajstić information content (AvgIpc) is 2.46. The summed E-state index contributed by atoms with van der Waals surface area (Å²) in [5.74, 6) is 1.39. The van der Waals surface area contributed by atoms with Crippen molar-refractivity contribution in [3.05, 3.63) is 47.8 Å². The zero-order valence-corrected chi connectivity index (χ0v) is 11.1. The molecule has 0 spiro atoms. The summed E-state index contributed by atoms with van der Waals surface area (Å²) in [6.45, 7) is 3.44. The Morgan fingerprint density at radius 2 is 2.11 bits per heavy atom. The number of para-hydroxylation sites is 1. The van der Waals surface area contributed by atoms with Crippen LogP contribution in [0.3, 0.4) is 0 Å². The highest BCUT2D eigenvalue weighted by Gasteiger charge is 2.23. The third-order valence-corrected chi connectivity index (χ3v) is 3.78. The number of hydrogen-bond acceptors (Lipinski definition) is 3. The van der Waals surface area contributed by atoms with Crippen molar-refractivity contribution in [2.75, 3.05) is 13.2 Å². The van der Waals surface area contributed by atoms with Gasteiger partial charge in [-0.1, -0.05) is 24.3 Å². The highest BCUT2D eigenvalue weighted by Crippen LogP contribution is 2.41. The zero-order chi connectivity index (χ0) is 13.2. The summed E-state index contributed by atoms with van der Waals surface area (Å²) in [7, 11) is 0. The Labute approximate surface area is 113 Å². The first-order valence-corrected chi connectivity index (χ1v) is 6.69. The summed E-state index contributed by atoms with van der Waals surface area (Å²) >= 11 is 0. The van der Waals surface area contributed by atoms with E-state index in [0.29, 0.717) is 12.5 Å². The molecule has 3 rings (SSSR count). The molecule has 0 radical (unpaired) electrons. The summed E-state index contributed by atoms with van der Waals surface area (Å²) in [6.07, 6.45) is 2.82. The van der Waals surface area contributed by atoms with Crippen LogP contribution in [0, 0.1) is 6.92 Å². The molecule has 19 heavy (non-hydrogen) atoms. The van der Waals surface area contributed by atoms with Gasteiger partial charge >= 0.3 is 0 Å². The highest BCUT2D eigenvalue weighted by atomic mass is 16.5. The minimum atomic E-state index is 0.403. The first-order valence-electron chi connectivity index (χ1n) is 6.69. The maximum atomic E-state index is 5.91. The van der Waals surface area contributed by atoms with E-state index >= 15 is 0 Å². The number of fused-ring (bicyclic) bond motifs is 1. The molecule has 1 aliphatic heterocycles. The van der Waals surface area contributed by atoms with Gasteiger partial charge in [-0.05, 0) is 31.5 Å². The van der Waals surface area contributed by atoms with Gasteiger partial charge in [0.25, 0.3) is 0 Å². The van der Waals surface area contributed by atoms with Crippen molar-refractivity contribution in [1.29, 1.82) is 0 Å². The van der Waals surface area contributed by atoms with E-state index in [1.807, 2.05) is 19.2 Å². The molecule has 1 aromatic carbocycles. The Hall–Kier alpha value is -1.87. The summed E-state index contributed by atoms with van der Waals surface area (Å²) in [6, 6.07) is 10.4. The van der Waals surface area contributed by atoms with Crippen molar-refractivity contribution in [2.24, 2.45) is 5.73 Å². The molecule has 1 atom stereocenters. The van der Waals surface area contributed by atoms with Crippen LogP contribution in [-0.2, 0) is 0 Å². The van der Waals surface area contributed by atoms with Crippen LogP contribution < -0.4 is 10.5 Å². The smallest absolute Gasteiger partial charge is 0.130 e. The van der Waals surface area contributed by atoms with Crippen LogP contribution in [0.5, 0.6) is 5.75 Å². The van der Waals surface area contributed by atoms with E-state index in [1.165, 1.54) is 5.56 Å². The lowest BCUT2D eigenvalue weighted by atomic mass is 9.89. The zero-order valence-electron chi connectivity index (χ0n) is 11.1. The molecular formula is C16H18N2O. The van der Waals surface area contributed by atoms with Crippen LogP contribution in [0.25, 0.3) is 11.1 Å². The lowest BCUT2D eigenvalue weighted by Crippen LogP contribution is -2.21. The standard InChI is InChI=1S/C16H18N2O/c1-11-13(6-3-8-18-11)15-5-2-4-14-12(10-17)7-9-19-16(14)15/h2-6,8,12H,7,9-10,17H2,1H3/t12-/m1/s1. The SMILES string of the molecule is Cc1ncccc1-c1cccc2c1OCC[C@@H]2CN. The average molecular weight is 254 g/mol. The second-order valence-electron chi connectivity index (χ2n) is 4.93. The van der Waals surface area contributed by atoms with Crippen LogP contribution in [0.15, 0.2) is 36.5 Å². The Kier molecular flexibility index (Phi) is 3.22. The summed E-state index contributed by atoms with van der Waals surface area (Å²) < 4.78 is 5.91. The minimum Gasteiger partial charge on any atom is -0.493 e. The molecule has 2 N–H and O–H groups in total. The number of rotatable bonds is 2. The fourth-order valence-electron chi connectivity index (χ4n) is 2.72. The number of hydrogen-bond donors (Lipinski definition) is 1. The van der Waals surface area contributed by atoms with E-state index < -0.39 is 0 Å². The molecule has 0 saturated carbocycles. The van der Waals surface area contributed by atoms with Gasteiger partial charge in [-0.25, -0.2) is 0 Å². The van der Waals surface area contributed by atoms with Crippen molar-refractivity contribution in [3.63, 3.8) is 0 Å². The minimum absolute atomic E-state index is 0.403. The summed E-state index contributed by atoms with van der Waals surface area (Å²) in [5, 5.41) is 0. The second kappa shape index (κ2) is 5.02. The normalized spacial score (nSPS) is 17.7. The number of ether oxygens (including phenoxy) is 1. The molecular weight excluding hydrogens is 236 g/mol. The van der Waals surface area contributed by atoms with E-state index in [0.717, 1.165) is 35.6 Å². The van der Waals surface area contributed by atoms with Crippen molar-refractivity contribution < 1.29 is 4.74 Å². The molecule has 0 aliphatic carbocycles. The summed E-state index contributed by atoms with van der Waals surface area (Å²) in [4.78, 5) is 4.36. The molecule has 2 aromatic rings. The van der Waals surface area contributed by atoms with Crippen molar-refractivity contribution in [3.8, 4) is 16.9 Å². The maximum Gasteiger partial charge on any atom is 0.130 e. The summed E-state index contributed by atoms with van der Waals surface area (Å²) in [5.41, 5.74) is 10.4. The number of aromatic nitrogens is 1. The molecule has 98 valence electrons. The predicted octanol–water partition coefficient (Wildman–Crippen LogP) is 2.88. The predicted molar refractivity (Wildman–Crippen MR) is 76.3 cm³/mol. The second-order valence-corrected chi connectivity index (χ2v) is 4.93. The number of nitrogens with zero attached hydrogens (tertiary/aromatic N) is 1. The highest BCUT2D eigenvalue weighted by molar-refractivity contribution is 5.74. The Bertz CT molecular complexity index is 595. The number of pyridine rings is 1. The molecule has 0 saturated heterocycles. The van der Waals surface area contributed by atoms with Gasteiger partial charge in [0.1, 0.15) is 5.75 Å². The van der Waals surface area contributed by atoms with Gasteiger partial charge in [0.15, 0.2) is 0 Å². The van der Waals surface area contributed by atoms with E-state index in [9.17, 15) is 0 Å². The monoisotopic (exact) mass is 254 g/mol. The van der Waals surface area contributed by atoms with E-state index in [-0.39, 0.29) is 0 Å². The Morgan fingerprint density at radius 1 is 1.26 bits per heavy atom. The van der Waals surface area contributed by atoms with Gasteiger partial charge in [0.2, 0.25) is 0 Å². The van der Waals surface area contributed by atoms with E-state index in [1.54, 1.807) is 0 Å². The number of benzene rings is 1. The lowest BCUT2D eigenvalue weighted by Gasteiger charge is -2.27. The largest absolute Gasteiger partial charge is 0.493 e. The molecule has 2 heterocycles. The van der Waals surface area contributed by atoms with Gasteiger partial charge in [0.05, 0.1) is 6.61 Å². The fourth-order valence-corrected chi connectivity index (χ4v) is 2.72. The van der Waals surface area contributed by atoms with Crippen LogP contribution in [0.4, 0.5) is 0 Å². The topological polar surface area (TPSA) is 48.1 Å². The quantitative estimate of drug-likeness (QED) is 0.896. The first-order chi connectivity index (χ1) is 9.31. The van der Waals surface area contributed by atoms with Crippen LogP contribution in [0.2, 0.25) is 0 Å². The maximum absolute atomic E-state index is 5.91. The van der Waals surface area contributed by atoms with Gasteiger partial charge in [-0.15, -0.1) is 0 Å². The van der Waals surface area contributed by atoms with Crippen molar-refractivity contribution in [1.82, 2.24) is 4.98 Å². The fraction of sp³-hybridized carbons (Fsp3) is 0.312. The first kappa shape index (κ1) is 12.2.